The van der Waals surface area contributed by atoms with Crippen LogP contribution in [0, 0.1) is 0 Å². The Bertz CT molecular complexity index is 1000. The van der Waals surface area contributed by atoms with Gasteiger partial charge in [0.15, 0.2) is 5.65 Å². The van der Waals surface area contributed by atoms with Crippen LogP contribution in [0.4, 0.5) is 5.82 Å². The average Bonchev–Trinajstić information content (AvgIpc) is 3.03. The van der Waals surface area contributed by atoms with Crippen LogP contribution in [0.15, 0.2) is 81.9 Å². The molecule has 0 atom stereocenters. The van der Waals surface area contributed by atoms with Crippen molar-refractivity contribution < 1.29 is 0 Å². The van der Waals surface area contributed by atoms with Gasteiger partial charge in [-0.15, -0.1) is 0 Å². The number of aromatic nitrogens is 3. The van der Waals surface area contributed by atoms with Gasteiger partial charge in [0.1, 0.15) is 5.82 Å². The molecular weight excluding hydrogens is 456 g/mol. The second-order valence-electron chi connectivity index (χ2n) is 5.56. The summed E-state index contributed by atoms with van der Waals surface area (Å²) in [6, 6.07) is 10.0. The van der Waals surface area contributed by atoms with E-state index in [4.69, 9.17) is 4.98 Å². The Morgan fingerprint density at radius 1 is 1.27 bits per heavy atom. The van der Waals surface area contributed by atoms with Crippen LogP contribution in [0.25, 0.3) is 16.9 Å². The summed E-state index contributed by atoms with van der Waals surface area (Å²) in [7, 11) is 0. The number of halogens is 2. The largest absolute Gasteiger partial charge is 0.366 e. The number of anilines is 1. The molecule has 0 aliphatic heterocycles. The van der Waals surface area contributed by atoms with Gasteiger partial charge in [-0.05, 0) is 34.5 Å². The van der Waals surface area contributed by atoms with Gasteiger partial charge in [0.25, 0.3) is 0 Å². The molecule has 0 aliphatic rings. The number of hydrogen-bond acceptors (Lipinski definition) is 3. The number of hydrogen-bond donors (Lipinski definition) is 1. The van der Waals surface area contributed by atoms with Crippen molar-refractivity contribution in [3.8, 4) is 11.3 Å². The first-order valence-corrected chi connectivity index (χ1v) is 9.70. The Morgan fingerprint density at radius 2 is 2.08 bits per heavy atom. The van der Waals surface area contributed by atoms with Crippen LogP contribution in [0.3, 0.4) is 0 Å². The summed E-state index contributed by atoms with van der Waals surface area (Å²) < 4.78 is 3.64. The molecule has 3 rings (SSSR count). The minimum atomic E-state index is 0.639. The number of nitrogens with one attached hydrogen (secondary N) is 1. The maximum atomic E-state index is 4.76. The summed E-state index contributed by atoms with van der Waals surface area (Å²) in [6.45, 7) is 6.51. The van der Waals surface area contributed by atoms with E-state index in [1.54, 1.807) is 10.7 Å². The first-order valence-electron chi connectivity index (χ1n) is 8.11. The predicted octanol–water partition coefficient (Wildman–Crippen LogP) is 6.02. The van der Waals surface area contributed by atoms with Crippen LogP contribution in [-0.4, -0.2) is 21.1 Å². The first kappa shape index (κ1) is 18.6. The molecule has 0 radical (unpaired) electrons. The molecule has 1 aromatic carbocycles. The van der Waals surface area contributed by atoms with Crippen LogP contribution in [-0.2, 0) is 0 Å². The van der Waals surface area contributed by atoms with E-state index >= 15 is 0 Å². The molecule has 3 aromatic rings. The summed E-state index contributed by atoms with van der Waals surface area (Å²) >= 11 is 7.14. The van der Waals surface area contributed by atoms with Crippen LogP contribution in [0.5, 0.6) is 0 Å². The SMILES string of the molecule is C=C/C(=C\C=C/C)CNc1cc(-c2ccccc2Br)nc2c(Br)cnn12. The summed E-state index contributed by atoms with van der Waals surface area (Å²) in [5.74, 6) is 0.861. The lowest BCUT2D eigenvalue weighted by Crippen LogP contribution is -2.09. The van der Waals surface area contributed by atoms with Gasteiger partial charge >= 0.3 is 0 Å². The van der Waals surface area contributed by atoms with Gasteiger partial charge in [-0.3, -0.25) is 0 Å². The molecule has 0 amide bonds. The third-order valence-corrected chi connectivity index (χ3v) is 5.07. The maximum absolute atomic E-state index is 4.76. The van der Waals surface area contributed by atoms with E-state index in [1.165, 1.54) is 0 Å². The zero-order valence-electron chi connectivity index (χ0n) is 14.3. The van der Waals surface area contributed by atoms with Crippen molar-refractivity contribution in [2.75, 3.05) is 11.9 Å². The minimum absolute atomic E-state index is 0.639. The van der Waals surface area contributed by atoms with Crippen molar-refractivity contribution in [2.24, 2.45) is 0 Å². The van der Waals surface area contributed by atoms with Gasteiger partial charge in [0.2, 0.25) is 0 Å². The van der Waals surface area contributed by atoms with E-state index in [9.17, 15) is 0 Å². The Balaban J connectivity index is 2.04. The molecule has 0 aliphatic carbocycles. The third-order valence-electron chi connectivity index (χ3n) is 3.82. The molecule has 6 heteroatoms. The predicted molar refractivity (Wildman–Crippen MR) is 115 cm³/mol. The molecular formula is C20H18Br2N4. The van der Waals surface area contributed by atoms with E-state index in [1.807, 2.05) is 61.6 Å². The number of allylic oxidation sites excluding steroid dienone is 3. The molecule has 0 spiro atoms. The highest BCUT2D eigenvalue weighted by Gasteiger charge is 2.13. The molecule has 0 fully saturated rings. The molecule has 4 nitrogen and oxygen atoms in total. The monoisotopic (exact) mass is 472 g/mol. The maximum Gasteiger partial charge on any atom is 0.172 e. The Hall–Kier alpha value is -2.18. The molecule has 0 unspecified atom stereocenters. The van der Waals surface area contributed by atoms with Gasteiger partial charge in [-0.1, -0.05) is 65.0 Å². The van der Waals surface area contributed by atoms with Gasteiger partial charge in [0, 0.05) is 22.6 Å². The van der Waals surface area contributed by atoms with Crippen molar-refractivity contribution in [3.63, 3.8) is 0 Å². The molecule has 1 N–H and O–H groups in total. The normalized spacial score (nSPS) is 12.0. The highest BCUT2D eigenvalue weighted by atomic mass is 79.9. The Morgan fingerprint density at radius 3 is 2.81 bits per heavy atom. The molecule has 26 heavy (non-hydrogen) atoms. The second-order valence-corrected chi connectivity index (χ2v) is 7.27. The van der Waals surface area contributed by atoms with Crippen LogP contribution < -0.4 is 5.32 Å². The summed E-state index contributed by atoms with van der Waals surface area (Å²) in [4.78, 5) is 4.76. The number of nitrogens with zero attached hydrogens (tertiary/aromatic N) is 3. The van der Waals surface area contributed by atoms with Crippen molar-refractivity contribution in [1.29, 1.82) is 0 Å². The number of benzene rings is 1. The second kappa shape index (κ2) is 8.47. The zero-order chi connectivity index (χ0) is 18.5. The summed E-state index contributed by atoms with van der Waals surface area (Å²) in [6.07, 6.45) is 9.62. The van der Waals surface area contributed by atoms with E-state index in [0.717, 1.165) is 37.2 Å². The number of fused-ring (bicyclic) bond motifs is 1. The lowest BCUT2D eigenvalue weighted by atomic mass is 10.1. The quantitative estimate of drug-likeness (QED) is 0.445. The van der Waals surface area contributed by atoms with Gasteiger partial charge in [-0.2, -0.15) is 9.61 Å². The average molecular weight is 474 g/mol. The standard InChI is InChI=1S/C20H18Br2N4/c1-3-5-8-14(4-2)12-23-19-11-18(15-9-6-7-10-16(15)21)25-20-17(22)13-24-26(19)20/h3-11,13,23H,2,12H2,1H3/b5-3-,14-8+. The van der Waals surface area contributed by atoms with Gasteiger partial charge < -0.3 is 5.32 Å². The lowest BCUT2D eigenvalue weighted by molar-refractivity contribution is 0.936. The van der Waals surface area contributed by atoms with Crippen molar-refractivity contribution in [3.05, 3.63) is 81.9 Å². The van der Waals surface area contributed by atoms with Gasteiger partial charge in [-0.25, -0.2) is 4.98 Å². The Labute approximate surface area is 169 Å². The molecule has 132 valence electrons. The topological polar surface area (TPSA) is 42.2 Å². The first-order chi connectivity index (χ1) is 12.6. The highest BCUT2D eigenvalue weighted by Crippen LogP contribution is 2.30. The van der Waals surface area contributed by atoms with Crippen molar-refractivity contribution in [2.45, 2.75) is 6.92 Å². The van der Waals surface area contributed by atoms with Crippen LogP contribution in [0.1, 0.15) is 6.92 Å². The zero-order valence-corrected chi connectivity index (χ0v) is 17.5. The van der Waals surface area contributed by atoms with E-state index in [2.05, 4.69) is 48.9 Å². The van der Waals surface area contributed by atoms with E-state index in [0.29, 0.717) is 6.54 Å². The Kier molecular flexibility index (Phi) is 6.06. The molecule has 2 aromatic heterocycles. The molecule has 0 bridgehead atoms. The lowest BCUT2D eigenvalue weighted by Gasteiger charge is -2.12. The van der Waals surface area contributed by atoms with E-state index in [-0.39, 0.29) is 0 Å². The summed E-state index contributed by atoms with van der Waals surface area (Å²) in [5.41, 5.74) is 3.74. The number of rotatable bonds is 6. The van der Waals surface area contributed by atoms with Crippen LogP contribution in [0.2, 0.25) is 0 Å². The van der Waals surface area contributed by atoms with E-state index < -0.39 is 0 Å². The van der Waals surface area contributed by atoms with Crippen LogP contribution >= 0.6 is 31.9 Å². The minimum Gasteiger partial charge on any atom is -0.366 e. The third kappa shape index (κ3) is 3.97. The molecule has 0 saturated heterocycles. The highest BCUT2D eigenvalue weighted by molar-refractivity contribution is 9.11. The summed E-state index contributed by atoms with van der Waals surface area (Å²) in [5, 5.41) is 7.86. The molecule has 2 heterocycles. The fraction of sp³-hybridized carbons (Fsp3) is 0.100. The fourth-order valence-corrected chi connectivity index (χ4v) is 3.32. The fourth-order valence-electron chi connectivity index (χ4n) is 2.48. The van der Waals surface area contributed by atoms with Crippen molar-refractivity contribution in [1.82, 2.24) is 14.6 Å². The van der Waals surface area contributed by atoms with Crippen molar-refractivity contribution >= 4 is 43.3 Å². The van der Waals surface area contributed by atoms with Gasteiger partial charge in [0.05, 0.1) is 16.4 Å². The smallest absolute Gasteiger partial charge is 0.172 e. The molecule has 0 saturated carbocycles.